The first-order valence-electron chi connectivity index (χ1n) is 10.5. The lowest BCUT2D eigenvalue weighted by atomic mass is 9.91. The van der Waals surface area contributed by atoms with Gasteiger partial charge in [0.15, 0.2) is 0 Å². The number of hydrogen-bond donors (Lipinski definition) is 1. The van der Waals surface area contributed by atoms with E-state index in [4.69, 9.17) is 4.74 Å². The van der Waals surface area contributed by atoms with Crippen molar-refractivity contribution in [1.29, 1.82) is 0 Å². The van der Waals surface area contributed by atoms with Crippen LogP contribution in [0.5, 0.6) is 0 Å². The summed E-state index contributed by atoms with van der Waals surface area (Å²) in [6.45, 7) is 3.57. The summed E-state index contributed by atoms with van der Waals surface area (Å²) >= 11 is 0. The van der Waals surface area contributed by atoms with Crippen molar-refractivity contribution in [2.24, 2.45) is 5.92 Å². The van der Waals surface area contributed by atoms with Crippen molar-refractivity contribution < 1.29 is 17.9 Å². The van der Waals surface area contributed by atoms with Crippen molar-refractivity contribution in [2.45, 2.75) is 37.5 Å². The molecule has 2 aromatic carbocycles. The van der Waals surface area contributed by atoms with Crippen LogP contribution in [0, 0.1) is 5.92 Å². The van der Waals surface area contributed by atoms with E-state index in [1.165, 1.54) is 5.56 Å². The van der Waals surface area contributed by atoms with Crippen LogP contribution in [0.2, 0.25) is 0 Å². The highest BCUT2D eigenvalue weighted by Gasteiger charge is 2.29. The second kappa shape index (κ2) is 10.7. The first-order chi connectivity index (χ1) is 14.5. The number of carbonyl (C=O) groups is 1. The molecule has 0 spiro atoms. The van der Waals surface area contributed by atoms with Gasteiger partial charge in [-0.25, -0.2) is 8.42 Å². The maximum absolute atomic E-state index is 13.0. The molecular formula is C23H30N2O4S. The number of nitrogens with zero attached hydrogens (tertiary/aromatic N) is 1. The predicted molar refractivity (Wildman–Crippen MR) is 118 cm³/mol. The molecule has 0 saturated carbocycles. The molecule has 0 unspecified atom stereocenters. The first kappa shape index (κ1) is 22.5. The predicted octanol–water partition coefficient (Wildman–Crippen LogP) is 3.70. The summed E-state index contributed by atoms with van der Waals surface area (Å²) in [7, 11) is -3.53. The minimum atomic E-state index is -3.53. The molecule has 1 fully saturated rings. The molecule has 3 rings (SSSR count). The van der Waals surface area contributed by atoms with E-state index >= 15 is 0 Å². The van der Waals surface area contributed by atoms with E-state index in [0.29, 0.717) is 31.3 Å². The van der Waals surface area contributed by atoms with Crippen LogP contribution in [0.1, 0.15) is 31.7 Å². The Kier molecular flexibility index (Phi) is 8.01. The normalized spacial score (nSPS) is 15.8. The van der Waals surface area contributed by atoms with E-state index in [2.05, 4.69) is 17.4 Å². The van der Waals surface area contributed by atoms with Crippen molar-refractivity contribution in [3.8, 4) is 0 Å². The van der Waals surface area contributed by atoms with Gasteiger partial charge in [0.05, 0.1) is 4.90 Å². The number of rotatable bonds is 9. The average molecular weight is 431 g/mol. The number of ether oxygens (including phenoxy) is 1. The third-order valence-electron chi connectivity index (χ3n) is 5.30. The highest BCUT2D eigenvalue weighted by Crippen LogP contribution is 2.26. The van der Waals surface area contributed by atoms with Crippen LogP contribution < -0.4 is 5.32 Å². The van der Waals surface area contributed by atoms with Crippen LogP contribution in [0.4, 0.5) is 5.69 Å². The van der Waals surface area contributed by atoms with E-state index < -0.39 is 10.0 Å². The summed E-state index contributed by atoms with van der Waals surface area (Å²) in [5.41, 5.74) is 1.86. The molecule has 2 aromatic rings. The van der Waals surface area contributed by atoms with Gasteiger partial charge >= 0.3 is 0 Å². The molecule has 1 saturated heterocycles. The number of hydrogen-bond acceptors (Lipinski definition) is 4. The van der Waals surface area contributed by atoms with E-state index in [1.54, 1.807) is 28.6 Å². The second-order valence-corrected chi connectivity index (χ2v) is 9.60. The van der Waals surface area contributed by atoms with Gasteiger partial charge in [-0.1, -0.05) is 37.3 Å². The number of anilines is 1. The topological polar surface area (TPSA) is 75.7 Å². The highest BCUT2D eigenvalue weighted by molar-refractivity contribution is 7.89. The Morgan fingerprint density at radius 2 is 1.73 bits per heavy atom. The van der Waals surface area contributed by atoms with Gasteiger partial charge in [-0.3, -0.25) is 4.79 Å². The van der Waals surface area contributed by atoms with Crippen molar-refractivity contribution >= 4 is 21.6 Å². The summed E-state index contributed by atoms with van der Waals surface area (Å²) < 4.78 is 32.7. The molecule has 1 heterocycles. The van der Waals surface area contributed by atoms with Crippen LogP contribution >= 0.6 is 0 Å². The Bertz CT molecular complexity index is 906. The lowest BCUT2D eigenvalue weighted by molar-refractivity contribution is -0.120. The maximum Gasteiger partial charge on any atom is 0.250 e. The number of nitrogens with one attached hydrogen (secondary N) is 1. The fourth-order valence-electron chi connectivity index (χ4n) is 3.67. The van der Waals surface area contributed by atoms with Gasteiger partial charge in [0, 0.05) is 25.4 Å². The Hall–Kier alpha value is -2.22. The van der Waals surface area contributed by atoms with Gasteiger partial charge < -0.3 is 10.1 Å². The molecule has 162 valence electrons. The molecule has 1 aliphatic heterocycles. The molecule has 30 heavy (non-hydrogen) atoms. The second-order valence-electron chi connectivity index (χ2n) is 7.66. The van der Waals surface area contributed by atoms with Crippen LogP contribution in [0.15, 0.2) is 59.5 Å². The van der Waals surface area contributed by atoms with Gasteiger partial charge in [0.1, 0.15) is 6.61 Å². The standard InChI is InChI=1S/C23H30N2O4S/c1-2-16-29-18-23(26)24-21-8-10-22(11-9-21)30(27,28)25-14-12-20(13-15-25)17-19-6-4-3-5-7-19/h3-11,20H,2,12-18H2,1H3,(H,24,26). The molecule has 0 aromatic heterocycles. The smallest absolute Gasteiger partial charge is 0.250 e. The van der Waals surface area contributed by atoms with Crippen LogP contribution in [-0.2, 0) is 26.0 Å². The highest BCUT2D eigenvalue weighted by atomic mass is 32.2. The average Bonchev–Trinajstić information content (AvgIpc) is 2.75. The zero-order chi connectivity index (χ0) is 21.4. The third-order valence-corrected chi connectivity index (χ3v) is 7.21. The minimum Gasteiger partial charge on any atom is -0.372 e. The first-order valence-corrected chi connectivity index (χ1v) is 11.9. The van der Waals surface area contributed by atoms with E-state index in [1.807, 2.05) is 25.1 Å². The summed E-state index contributed by atoms with van der Waals surface area (Å²) in [5.74, 6) is 0.255. The number of piperidine rings is 1. The zero-order valence-corrected chi connectivity index (χ0v) is 18.2. The van der Waals surface area contributed by atoms with Gasteiger partial charge in [-0.05, 0) is 61.4 Å². The Balaban J connectivity index is 1.53. The molecule has 1 N–H and O–H groups in total. The quantitative estimate of drug-likeness (QED) is 0.616. The fourth-order valence-corrected chi connectivity index (χ4v) is 5.14. The molecule has 0 radical (unpaired) electrons. The number of amides is 1. The molecule has 6 nitrogen and oxygen atoms in total. The molecule has 0 atom stereocenters. The number of benzene rings is 2. The minimum absolute atomic E-state index is 0.00812. The largest absolute Gasteiger partial charge is 0.372 e. The zero-order valence-electron chi connectivity index (χ0n) is 17.4. The van der Waals surface area contributed by atoms with Crippen molar-refractivity contribution in [3.63, 3.8) is 0 Å². The summed E-state index contributed by atoms with van der Waals surface area (Å²) in [6, 6.07) is 16.7. The van der Waals surface area contributed by atoms with Gasteiger partial charge in [-0.2, -0.15) is 4.31 Å². The Labute approximate surface area is 179 Å². The van der Waals surface area contributed by atoms with E-state index in [-0.39, 0.29) is 17.4 Å². The molecule has 0 aliphatic carbocycles. The monoisotopic (exact) mass is 430 g/mol. The van der Waals surface area contributed by atoms with Crippen molar-refractivity contribution in [2.75, 3.05) is 31.6 Å². The Morgan fingerprint density at radius 1 is 1.07 bits per heavy atom. The number of carbonyl (C=O) groups excluding carboxylic acids is 1. The molecule has 1 aliphatic rings. The molecular weight excluding hydrogens is 400 g/mol. The third kappa shape index (κ3) is 6.14. The van der Waals surface area contributed by atoms with Gasteiger partial charge in [0.2, 0.25) is 15.9 Å². The molecule has 0 bridgehead atoms. The van der Waals surface area contributed by atoms with Crippen LogP contribution in [0.3, 0.4) is 0 Å². The van der Waals surface area contributed by atoms with E-state index in [0.717, 1.165) is 25.7 Å². The summed E-state index contributed by atoms with van der Waals surface area (Å²) in [4.78, 5) is 12.1. The van der Waals surface area contributed by atoms with Crippen molar-refractivity contribution in [1.82, 2.24) is 4.31 Å². The lowest BCUT2D eigenvalue weighted by Crippen LogP contribution is -2.38. The summed E-state index contributed by atoms with van der Waals surface area (Å²) in [5, 5.41) is 2.72. The van der Waals surface area contributed by atoms with E-state index in [9.17, 15) is 13.2 Å². The Morgan fingerprint density at radius 3 is 2.37 bits per heavy atom. The number of sulfonamides is 1. The lowest BCUT2D eigenvalue weighted by Gasteiger charge is -2.31. The summed E-state index contributed by atoms with van der Waals surface area (Å²) in [6.07, 6.45) is 3.56. The van der Waals surface area contributed by atoms with Gasteiger partial charge in [0.25, 0.3) is 0 Å². The molecule has 7 heteroatoms. The SMILES string of the molecule is CCCOCC(=O)Nc1ccc(S(=O)(=O)N2CCC(Cc3ccccc3)CC2)cc1. The maximum atomic E-state index is 13.0. The van der Waals surface area contributed by atoms with Gasteiger partial charge in [-0.15, -0.1) is 0 Å². The van der Waals surface area contributed by atoms with Crippen LogP contribution in [-0.4, -0.2) is 44.9 Å². The molecule has 1 amide bonds. The van der Waals surface area contributed by atoms with Crippen LogP contribution in [0.25, 0.3) is 0 Å². The van der Waals surface area contributed by atoms with Crippen molar-refractivity contribution in [3.05, 3.63) is 60.2 Å². The fraction of sp³-hybridized carbons (Fsp3) is 0.435.